The van der Waals surface area contributed by atoms with Gasteiger partial charge in [-0.1, -0.05) is 25.8 Å². The van der Waals surface area contributed by atoms with Crippen molar-refractivity contribution in [1.29, 1.82) is 0 Å². The Morgan fingerprint density at radius 3 is 2.56 bits per heavy atom. The highest BCUT2D eigenvalue weighted by atomic mass is 16.5. The van der Waals surface area contributed by atoms with Gasteiger partial charge in [-0.15, -0.1) is 0 Å². The van der Waals surface area contributed by atoms with Gasteiger partial charge in [0.2, 0.25) is 0 Å². The van der Waals surface area contributed by atoms with Gasteiger partial charge in [0.1, 0.15) is 12.7 Å². The molecule has 0 spiro atoms. The maximum absolute atomic E-state index is 13.5. The number of allylic oxidation sites excluding steroid dienone is 1. The Morgan fingerprint density at radius 1 is 1.25 bits per heavy atom. The molecule has 0 aromatic rings. The summed E-state index contributed by atoms with van der Waals surface area (Å²) in [7, 11) is 5.20. The second-order valence-corrected chi connectivity index (χ2v) is 10.7. The number of carbonyl (C=O) groups is 3. The van der Waals surface area contributed by atoms with Crippen LogP contribution in [-0.2, 0) is 23.9 Å². The number of hydrogen-bond acceptors (Lipinski definition) is 7. The van der Waals surface area contributed by atoms with Crippen LogP contribution in [0.3, 0.4) is 0 Å². The summed E-state index contributed by atoms with van der Waals surface area (Å²) < 4.78 is 10.4. The summed E-state index contributed by atoms with van der Waals surface area (Å²) in [6, 6.07) is 0. The van der Waals surface area contributed by atoms with Crippen molar-refractivity contribution < 1.29 is 29.0 Å². The number of aliphatic hydroxyl groups is 1. The van der Waals surface area contributed by atoms with Gasteiger partial charge in [-0.05, 0) is 64.0 Å². The van der Waals surface area contributed by atoms with E-state index in [1.165, 1.54) is 7.11 Å². The van der Waals surface area contributed by atoms with Crippen molar-refractivity contribution in [1.82, 2.24) is 4.90 Å². The van der Waals surface area contributed by atoms with Crippen LogP contribution < -0.4 is 0 Å². The molecule has 3 fully saturated rings. The molecule has 7 atom stereocenters. The quantitative estimate of drug-likeness (QED) is 0.509. The summed E-state index contributed by atoms with van der Waals surface area (Å²) in [6.45, 7) is 6.94. The Morgan fingerprint density at radius 2 is 1.94 bits per heavy atom. The Hall–Kier alpha value is -1.73. The molecule has 0 bridgehead atoms. The van der Waals surface area contributed by atoms with E-state index >= 15 is 0 Å². The first-order valence-corrected chi connectivity index (χ1v) is 11.8. The second kappa shape index (κ2) is 9.26. The van der Waals surface area contributed by atoms with E-state index in [9.17, 15) is 19.5 Å². The monoisotopic (exact) mass is 449 g/mol. The fourth-order valence-corrected chi connectivity index (χ4v) is 7.04. The average molecular weight is 450 g/mol. The Labute approximate surface area is 191 Å². The number of hydrogen-bond donors (Lipinski definition) is 1. The molecular formula is C25H39NO6. The molecule has 0 aromatic heterocycles. The van der Waals surface area contributed by atoms with Gasteiger partial charge in [0.05, 0.1) is 12.5 Å². The number of ether oxygens (including phenoxy) is 2. The lowest BCUT2D eigenvalue weighted by Gasteiger charge is -2.61. The highest BCUT2D eigenvalue weighted by Crippen LogP contribution is 2.64. The zero-order chi connectivity index (χ0) is 23.8. The Balaban J connectivity index is 1.87. The van der Waals surface area contributed by atoms with Crippen LogP contribution in [0.1, 0.15) is 52.9 Å². The third-order valence-electron chi connectivity index (χ3n) is 8.63. The maximum Gasteiger partial charge on any atom is 0.330 e. The van der Waals surface area contributed by atoms with Crippen LogP contribution in [0.25, 0.3) is 0 Å². The molecule has 0 aromatic carbocycles. The van der Waals surface area contributed by atoms with Crippen LogP contribution in [-0.4, -0.2) is 68.2 Å². The molecule has 3 rings (SSSR count). The third-order valence-corrected chi connectivity index (χ3v) is 8.63. The molecule has 1 N–H and O–H groups in total. The van der Waals surface area contributed by atoms with Crippen molar-refractivity contribution in [3.8, 4) is 0 Å². The van der Waals surface area contributed by atoms with Gasteiger partial charge in [-0.2, -0.15) is 0 Å². The van der Waals surface area contributed by atoms with Crippen molar-refractivity contribution in [2.24, 2.45) is 34.5 Å². The molecule has 7 nitrogen and oxygen atoms in total. The van der Waals surface area contributed by atoms with Crippen molar-refractivity contribution in [2.45, 2.75) is 59.0 Å². The minimum absolute atomic E-state index is 0.0598. The topological polar surface area (TPSA) is 93.1 Å². The molecule has 0 heterocycles. The van der Waals surface area contributed by atoms with E-state index in [1.807, 2.05) is 32.8 Å². The average Bonchev–Trinajstić information content (AvgIpc) is 2.72. The van der Waals surface area contributed by atoms with Gasteiger partial charge in [0.25, 0.3) is 0 Å². The van der Waals surface area contributed by atoms with Crippen LogP contribution in [0.5, 0.6) is 0 Å². The van der Waals surface area contributed by atoms with Crippen molar-refractivity contribution in [3.05, 3.63) is 11.6 Å². The van der Waals surface area contributed by atoms with Crippen LogP contribution >= 0.6 is 0 Å². The Kier molecular flexibility index (Phi) is 7.20. The van der Waals surface area contributed by atoms with E-state index in [-0.39, 0.29) is 40.9 Å². The molecule has 0 radical (unpaired) electrons. The van der Waals surface area contributed by atoms with E-state index in [0.29, 0.717) is 26.0 Å². The van der Waals surface area contributed by atoms with Crippen molar-refractivity contribution in [3.63, 3.8) is 0 Å². The number of esters is 2. The predicted octanol–water partition coefficient (Wildman–Crippen LogP) is 2.61. The molecule has 0 unspecified atom stereocenters. The molecule has 180 valence electrons. The molecular weight excluding hydrogens is 410 g/mol. The van der Waals surface area contributed by atoms with Gasteiger partial charge in [-0.25, -0.2) is 4.79 Å². The van der Waals surface area contributed by atoms with E-state index in [2.05, 4.69) is 6.92 Å². The van der Waals surface area contributed by atoms with Crippen LogP contribution in [0.4, 0.5) is 0 Å². The normalized spacial score (nSPS) is 40.6. The highest BCUT2D eigenvalue weighted by molar-refractivity contribution is 5.90. The summed E-state index contributed by atoms with van der Waals surface area (Å²) in [6.07, 6.45) is 4.15. The summed E-state index contributed by atoms with van der Waals surface area (Å²) in [5.41, 5.74) is -0.307. The standard InChI is InChI=1S/C25H39NO6/c1-15-16(14-18(27)32-13-12-26(4)5)8-9-17-19(15)20(28)21(29)22-24(17,2)10-7-11-25(22,3)23(30)31-6/h14-15,17,19,21-22,29H,7-13H2,1-6H3/t15-,17+,19-,21+,22-,24+,25+/m1/s1. The number of carbonyl (C=O) groups excluding carboxylic acids is 3. The van der Waals surface area contributed by atoms with Gasteiger partial charge >= 0.3 is 11.9 Å². The minimum Gasteiger partial charge on any atom is -0.469 e. The van der Waals surface area contributed by atoms with Crippen LogP contribution in [0.2, 0.25) is 0 Å². The van der Waals surface area contributed by atoms with E-state index in [4.69, 9.17) is 9.47 Å². The minimum atomic E-state index is -1.21. The Bertz CT molecular complexity index is 791. The lowest BCUT2D eigenvalue weighted by atomic mass is 9.42. The molecule has 0 amide bonds. The van der Waals surface area contributed by atoms with Gasteiger partial charge < -0.3 is 19.5 Å². The fourth-order valence-electron chi connectivity index (χ4n) is 7.04. The smallest absolute Gasteiger partial charge is 0.330 e. The summed E-state index contributed by atoms with van der Waals surface area (Å²) in [4.78, 5) is 40.5. The molecule has 32 heavy (non-hydrogen) atoms. The van der Waals surface area contributed by atoms with E-state index in [1.54, 1.807) is 6.08 Å². The van der Waals surface area contributed by atoms with E-state index < -0.39 is 17.4 Å². The molecule has 3 saturated carbocycles. The van der Waals surface area contributed by atoms with Crippen LogP contribution in [0.15, 0.2) is 11.6 Å². The SMILES string of the molecule is COC(=O)[C@@]1(C)CCC[C@]2(C)[C@H]1[C@@H](O)C(=O)[C@@H]1[C@H](C)C(=CC(=O)OCCN(C)C)CC[C@@H]12. The van der Waals surface area contributed by atoms with Crippen LogP contribution in [0, 0.1) is 34.5 Å². The second-order valence-electron chi connectivity index (χ2n) is 10.7. The summed E-state index contributed by atoms with van der Waals surface area (Å²) in [5, 5.41) is 11.2. The molecule has 0 aliphatic heterocycles. The highest BCUT2D eigenvalue weighted by Gasteiger charge is 2.66. The number of ketones is 1. The zero-order valence-corrected chi connectivity index (χ0v) is 20.3. The number of likely N-dealkylation sites (N-methyl/N-ethyl adjacent to an activating group) is 1. The maximum atomic E-state index is 13.5. The molecule has 7 heteroatoms. The first-order chi connectivity index (χ1) is 15.0. The number of methoxy groups -OCH3 is 1. The molecule has 3 aliphatic rings. The summed E-state index contributed by atoms with van der Waals surface area (Å²) >= 11 is 0. The lowest BCUT2D eigenvalue weighted by Crippen LogP contribution is -2.65. The van der Waals surface area contributed by atoms with Gasteiger partial charge in [0, 0.05) is 24.5 Å². The first kappa shape index (κ1) is 24.9. The molecule has 3 aliphatic carbocycles. The molecule has 0 saturated heterocycles. The zero-order valence-electron chi connectivity index (χ0n) is 20.3. The largest absolute Gasteiger partial charge is 0.469 e. The third kappa shape index (κ3) is 4.14. The van der Waals surface area contributed by atoms with E-state index in [0.717, 1.165) is 24.8 Å². The van der Waals surface area contributed by atoms with Gasteiger partial charge in [-0.3, -0.25) is 9.59 Å². The first-order valence-electron chi connectivity index (χ1n) is 11.8. The lowest BCUT2D eigenvalue weighted by molar-refractivity contribution is -0.198. The number of aliphatic hydroxyl groups excluding tert-OH is 1. The summed E-state index contributed by atoms with van der Waals surface area (Å²) in [5.74, 6) is -1.83. The fraction of sp³-hybridized carbons (Fsp3) is 0.800. The van der Waals surface area contributed by atoms with Crippen molar-refractivity contribution in [2.75, 3.05) is 34.4 Å². The number of rotatable bonds is 5. The number of Topliss-reactive ketones (excluding diaryl/α,β-unsaturated/α-hetero) is 1. The number of nitrogens with zero attached hydrogens (tertiary/aromatic N) is 1. The number of fused-ring (bicyclic) bond motifs is 3. The predicted molar refractivity (Wildman–Crippen MR) is 120 cm³/mol. The van der Waals surface area contributed by atoms with Crippen molar-refractivity contribution >= 4 is 17.7 Å². The van der Waals surface area contributed by atoms with Gasteiger partial charge in [0.15, 0.2) is 5.78 Å².